The maximum Gasteiger partial charge on any atom is 0.408 e. The van der Waals surface area contributed by atoms with Crippen LogP contribution in [0.25, 0.3) is 10.9 Å². The summed E-state index contributed by atoms with van der Waals surface area (Å²) in [5.74, 6) is -1.60. The Morgan fingerprint density at radius 2 is 1.80 bits per heavy atom. The first-order valence-electron chi connectivity index (χ1n) is 21.9. The zero-order valence-electron chi connectivity index (χ0n) is 33.7. The van der Waals surface area contributed by atoms with E-state index in [1.54, 1.807) is 13.0 Å². The van der Waals surface area contributed by atoms with E-state index in [0.717, 1.165) is 56.9 Å². The number of alkyl carbamates (subject to hydrolysis) is 1. The van der Waals surface area contributed by atoms with E-state index in [9.17, 15) is 22.8 Å². The van der Waals surface area contributed by atoms with Gasteiger partial charge in [-0.2, -0.15) is 0 Å². The van der Waals surface area contributed by atoms with E-state index in [2.05, 4.69) is 15.4 Å². The molecule has 13 nitrogen and oxygen atoms in total. The van der Waals surface area contributed by atoms with E-state index in [1.165, 1.54) is 11.0 Å². The van der Waals surface area contributed by atoms with Crippen LogP contribution in [0.1, 0.15) is 133 Å². The molecule has 5 saturated carbocycles. The summed E-state index contributed by atoms with van der Waals surface area (Å²) in [7, 11) is -4.02. The number of rotatable bonds is 7. The largest absolute Gasteiger partial charge is 0.483 e. The Balaban J connectivity index is 0.998. The van der Waals surface area contributed by atoms with Crippen molar-refractivity contribution in [3.8, 4) is 5.75 Å². The average Bonchev–Trinajstić information content (AvgIpc) is 3.98. The van der Waals surface area contributed by atoms with Gasteiger partial charge in [-0.1, -0.05) is 37.1 Å². The maximum atomic E-state index is 15.1. The fourth-order valence-electron chi connectivity index (χ4n) is 10.2. The van der Waals surface area contributed by atoms with Crippen LogP contribution in [0.5, 0.6) is 5.75 Å². The standard InChI is InChI=1S/C44H54FN5O8S/c1-41(20-21-41)59(55,56)49-39(53)44-19-16-28(44)8-5-3-2-4-6-11-32(46-40(54)58-43(22-23-43)27-14-15-27)38(52)50-25-42(24-33(50)37(51)48-44)18-17-30-29-9-7-10-31(45)35(29)47-34(26-12-13-26)36(30)57-42/h5,7-10,26-28,32-33H,2-4,6,11-25H2,1H3,(H,46,54)(H,48,51)(H,49,53). The molecule has 10 rings (SSSR count). The van der Waals surface area contributed by atoms with Gasteiger partial charge in [-0.25, -0.2) is 22.6 Å². The molecule has 5 atom stereocenters. The Labute approximate surface area is 344 Å². The number of carbonyl (C=O) groups excluding carboxylic acids is 4. The van der Waals surface area contributed by atoms with Gasteiger partial charge in [0.25, 0.3) is 5.91 Å². The molecule has 0 bridgehead atoms. The first-order valence-corrected chi connectivity index (χ1v) is 23.4. The first-order chi connectivity index (χ1) is 28.2. The van der Waals surface area contributed by atoms with Crippen LogP contribution in [-0.4, -0.2) is 82.2 Å². The Kier molecular flexibility index (Phi) is 9.15. The summed E-state index contributed by atoms with van der Waals surface area (Å²) >= 11 is 0. The van der Waals surface area contributed by atoms with Crippen LogP contribution < -0.4 is 20.1 Å². The van der Waals surface area contributed by atoms with Crippen molar-refractivity contribution in [2.75, 3.05) is 6.54 Å². The summed E-state index contributed by atoms with van der Waals surface area (Å²) < 4.78 is 56.2. The van der Waals surface area contributed by atoms with Crippen molar-refractivity contribution in [2.24, 2.45) is 11.8 Å². The van der Waals surface area contributed by atoms with Crippen LogP contribution in [0, 0.1) is 17.7 Å². The Hall–Kier alpha value is -4.27. The summed E-state index contributed by atoms with van der Waals surface area (Å²) in [5, 5.41) is 6.62. The fraction of sp³-hybridized carbons (Fsp3) is 0.659. The van der Waals surface area contributed by atoms with Gasteiger partial charge in [0, 0.05) is 29.2 Å². The normalized spacial score (nSPS) is 32.2. The van der Waals surface area contributed by atoms with Crippen LogP contribution in [0.15, 0.2) is 30.4 Å². The van der Waals surface area contributed by atoms with Crippen LogP contribution in [0.3, 0.4) is 0 Å². The van der Waals surface area contributed by atoms with Gasteiger partial charge in [0.15, 0.2) is 0 Å². The number of sulfonamides is 1. The first kappa shape index (κ1) is 38.9. The van der Waals surface area contributed by atoms with Gasteiger partial charge in [0.1, 0.15) is 45.9 Å². The molecule has 59 heavy (non-hydrogen) atoms. The highest BCUT2D eigenvalue weighted by Gasteiger charge is 2.61. The second kappa shape index (κ2) is 13.9. The van der Waals surface area contributed by atoms with Crippen molar-refractivity contribution in [1.29, 1.82) is 0 Å². The molecule has 6 fully saturated rings. The van der Waals surface area contributed by atoms with Crippen molar-refractivity contribution in [3.63, 3.8) is 0 Å². The third-order valence-corrected chi connectivity index (χ3v) is 17.1. The van der Waals surface area contributed by atoms with E-state index in [1.807, 2.05) is 18.2 Å². The predicted octanol–water partition coefficient (Wildman–Crippen LogP) is 5.74. The molecular weight excluding hydrogens is 778 g/mol. The minimum absolute atomic E-state index is 0.0309. The summed E-state index contributed by atoms with van der Waals surface area (Å²) in [4.78, 5) is 64.1. The Morgan fingerprint density at radius 1 is 1.00 bits per heavy atom. The van der Waals surface area contributed by atoms with E-state index < -0.39 is 79.1 Å². The number of hydrogen-bond acceptors (Lipinski definition) is 9. The highest BCUT2D eigenvalue weighted by Crippen LogP contribution is 2.56. The molecule has 1 aromatic heterocycles. The maximum absolute atomic E-state index is 15.1. The topological polar surface area (TPSA) is 173 Å². The Morgan fingerprint density at radius 3 is 2.49 bits per heavy atom. The second-order valence-electron chi connectivity index (χ2n) is 19.2. The number of pyridine rings is 1. The number of nitrogens with zero attached hydrogens (tertiary/aromatic N) is 2. The minimum atomic E-state index is -4.02. The summed E-state index contributed by atoms with van der Waals surface area (Å²) in [6.07, 6.45) is 14.7. The van der Waals surface area contributed by atoms with Crippen molar-refractivity contribution >= 4 is 44.7 Å². The number of aromatic nitrogens is 1. The van der Waals surface area contributed by atoms with E-state index in [4.69, 9.17) is 14.5 Å². The molecule has 3 aliphatic heterocycles. The third kappa shape index (κ3) is 6.86. The van der Waals surface area contributed by atoms with Gasteiger partial charge in [-0.3, -0.25) is 19.1 Å². The van der Waals surface area contributed by atoms with Gasteiger partial charge in [-0.05, 0) is 115 Å². The lowest BCUT2D eigenvalue weighted by Crippen LogP contribution is -2.70. The molecule has 3 N–H and O–H groups in total. The second-order valence-corrected chi connectivity index (χ2v) is 21.4. The average molecular weight is 832 g/mol. The molecule has 316 valence electrons. The number of hydrogen-bond donors (Lipinski definition) is 3. The monoisotopic (exact) mass is 831 g/mol. The van der Waals surface area contributed by atoms with Crippen molar-refractivity contribution in [2.45, 2.75) is 162 Å². The van der Waals surface area contributed by atoms with Crippen LogP contribution in [-0.2, 0) is 35.6 Å². The van der Waals surface area contributed by atoms with Crippen molar-refractivity contribution < 1.29 is 41.5 Å². The van der Waals surface area contributed by atoms with Crippen LogP contribution in [0.2, 0.25) is 0 Å². The lowest BCUT2D eigenvalue weighted by atomic mass is 9.65. The zero-order chi connectivity index (χ0) is 41.0. The summed E-state index contributed by atoms with van der Waals surface area (Å²) in [5.41, 5.74) is -1.18. The molecule has 8 aliphatic rings. The molecule has 5 unspecified atom stereocenters. The smallest absolute Gasteiger partial charge is 0.408 e. The number of benzene rings is 1. The fourth-order valence-corrected chi connectivity index (χ4v) is 11.5. The molecular formula is C44H54FN5O8S. The summed E-state index contributed by atoms with van der Waals surface area (Å²) in [6.45, 7) is 1.64. The Bertz CT molecular complexity index is 2270. The lowest BCUT2D eigenvalue weighted by Gasteiger charge is -2.48. The molecule has 2 aromatic rings. The van der Waals surface area contributed by atoms with Gasteiger partial charge >= 0.3 is 6.09 Å². The number of halogens is 1. The lowest BCUT2D eigenvalue weighted by molar-refractivity contribution is -0.144. The molecule has 4 amide bonds. The molecule has 1 spiro atoms. The molecule has 4 heterocycles. The number of ether oxygens (including phenoxy) is 2. The van der Waals surface area contributed by atoms with Gasteiger partial charge < -0.3 is 25.0 Å². The molecule has 15 heteroatoms. The quantitative estimate of drug-likeness (QED) is 0.295. The SMILES string of the molecule is CC1(S(=O)(=O)NC(=O)C23CCC2C=CCCCCCC(NC(=O)OC2(C4CC4)CC2)C(=O)N2CC4(CCc5c(c(C6CC6)nc6c(F)cccc56)O4)CC2C(=O)N3)CC1. The number of para-hydroxylation sites is 1. The molecule has 1 saturated heterocycles. The number of amides is 4. The number of aryl methyl sites for hydroxylation is 1. The number of fused-ring (bicyclic) bond motifs is 5. The number of nitrogens with one attached hydrogen (secondary N) is 3. The van der Waals surface area contributed by atoms with Gasteiger partial charge in [0.2, 0.25) is 21.8 Å². The molecule has 5 aliphatic carbocycles. The van der Waals surface area contributed by atoms with Crippen LogP contribution >= 0.6 is 0 Å². The van der Waals surface area contributed by atoms with E-state index >= 15 is 9.18 Å². The molecule has 1 aromatic carbocycles. The van der Waals surface area contributed by atoms with Gasteiger partial charge in [0.05, 0.1) is 17.0 Å². The highest BCUT2D eigenvalue weighted by molar-refractivity contribution is 7.91. The van der Waals surface area contributed by atoms with E-state index in [-0.39, 0.29) is 25.3 Å². The number of allylic oxidation sites excluding steroid dienone is 1. The minimum Gasteiger partial charge on any atom is -0.483 e. The van der Waals surface area contributed by atoms with Crippen molar-refractivity contribution in [3.05, 3.63) is 47.4 Å². The van der Waals surface area contributed by atoms with Gasteiger partial charge in [-0.15, -0.1) is 0 Å². The highest BCUT2D eigenvalue weighted by atomic mass is 32.2. The van der Waals surface area contributed by atoms with Crippen molar-refractivity contribution in [1.82, 2.24) is 25.2 Å². The predicted molar refractivity (Wildman–Crippen MR) is 214 cm³/mol. The van der Waals surface area contributed by atoms with Crippen LogP contribution in [0.4, 0.5) is 9.18 Å². The third-order valence-electron chi connectivity index (χ3n) is 14.9. The van der Waals surface area contributed by atoms with E-state index in [0.29, 0.717) is 79.6 Å². The summed E-state index contributed by atoms with van der Waals surface area (Å²) in [6, 6.07) is 2.82. The number of carbonyl (C=O) groups is 4. The molecule has 0 radical (unpaired) electrons. The zero-order valence-corrected chi connectivity index (χ0v) is 34.5.